The van der Waals surface area contributed by atoms with Crippen LogP contribution < -0.4 is 10.1 Å². The molecule has 1 heterocycles. The minimum absolute atomic E-state index is 0.265. The van der Waals surface area contributed by atoms with Gasteiger partial charge < -0.3 is 14.5 Å². The fourth-order valence-electron chi connectivity index (χ4n) is 2.23. The zero-order valence-corrected chi connectivity index (χ0v) is 11.8. The Labute approximate surface area is 114 Å². The third-order valence-corrected chi connectivity index (χ3v) is 3.24. The average Bonchev–Trinajstić information content (AvgIpc) is 2.86. The maximum Gasteiger partial charge on any atom is 0.123 e. The van der Waals surface area contributed by atoms with Crippen LogP contribution in [0.3, 0.4) is 0 Å². The molecule has 0 spiro atoms. The van der Waals surface area contributed by atoms with Gasteiger partial charge in [0.2, 0.25) is 0 Å². The molecule has 0 aliphatic rings. The standard InChI is InChI=1S/C16H21NO2/c1-4-15(14-7-5-6-8-16(14)18-3)17-11-13-10-9-12(2)19-13/h5-10,15,17H,4,11H2,1-3H3. The number of methoxy groups -OCH3 is 1. The number of benzene rings is 1. The topological polar surface area (TPSA) is 34.4 Å². The van der Waals surface area contributed by atoms with Gasteiger partial charge in [0.25, 0.3) is 0 Å². The summed E-state index contributed by atoms with van der Waals surface area (Å²) in [6, 6.07) is 12.4. The monoisotopic (exact) mass is 259 g/mol. The second-order valence-electron chi connectivity index (χ2n) is 4.60. The van der Waals surface area contributed by atoms with Gasteiger partial charge in [-0.2, -0.15) is 0 Å². The van der Waals surface area contributed by atoms with Crippen molar-refractivity contribution in [3.8, 4) is 5.75 Å². The zero-order chi connectivity index (χ0) is 13.7. The Balaban J connectivity index is 2.07. The Morgan fingerprint density at radius 2 is 2.00 bits per heavy atom. The number of furan rings is 1. The summed E-state index contributed by atoms with van der Waals surface area (Å²) in [5.74, 6) is 2.84. The maximum atomic E-state index is 5.58. The summed E-state index contributed by atoms with van der Waals surface area (Å²) in [6.07, 6.45) is 1.00. The lowest BCUT2D eigenvalue weighted by molar-refractivity contribution is 0.389. The van der Waals surface area contributed by atoms with E-state index in [0.717, 1.165) is 30.2 Å². The highest BCUT2D eigenvalue weighted by Crippen LogP contribution is 2.27. The predicted molar refractivity (Wildman–Crippen MR) is 76.3 cm³/mol. The van der Waals surface area contributed by atoms with Crippen molar-refractivity contribution in [2.45, 2.75) is 32.9 Å². The molecule has 1 atom stereocenters. The summed E-state index contributed by atoms with van der Waals surface area (Å²) in [7, 11) is 1.71. The molecule has 0 amide bonds. The first kappa shape index (κ1) is 13.7. The van der Waals surface area contributed by atoms with E-state index in [0.29, 0.717) is 0 Å². The number of para-hydroxylation sites is 1. The van der Waals surface area contributed by atoms with Gasteiger partial charge in [-0.1, -0.05) is 25.1 Å². The lowest BCUT2D eigenvalue weighted by Crippen LogP contribution is -2.20. The van der Waals surface area contributed by atoms with E-state index in [2.05, 4.69) is 18.3 Å². The molecule has 3 heteroatoms. The SMILES string of the molecule is CCC(NCc1ccc(C)o1)c1ccccc1OC. The van der Waals surface area contributed by atoms with Gasteiger partial charge in [-0.15, -0.1) is 0 Å². The van der Waals surface area contributed by atoms with Crippen LogP contribution in [0.4, 0.5) is 0 Å². The van der Waals surface area contributed by atoms with Crippen LogP contribution in [0.5, 0.6) is 5.75 Å². The molecular formula is C16H21NO2. The molecule has 0 saturated carbocycles. The first-order valence-corrected chi connectivity index (χ1v) is 6.66. The molecule has 0 aliphatic heterocycles. The lowest BCUT2D eigenvalue weighted by Gasteiger charge is -2.19. The average molecular weight is 259 g/mol. The van der Waals surface area contributed by atoms with Crippen LogP contribution in [0.1, 0.15) is 36.5 Å². The molecular weight excluding hydrogens is 238 g/mol. The van der Waals surface area contributed by atoms with E-state index in [1.807, 2.05) is 37.3 Å². The van der Waals surface area contributed by atoms with E-state index in [-0.39, 0.29) is 6.04 Å². The van der Waals surface area contributed by atoms with Crippen molar-refractivity contribution >= 4 is 0 Å². The second kappa shape index (κ2) is 6.43. The summed E-state index contributed by atoms with van der Waals surface area (Å²) in [6.45, 7) is 4.85. The van der Waals surface area contributed by atoms with Gasteiger partial charge in [0.15, 0.2) is 0 Å². The van der Waals surface area contributed by atoms with Crippen LogP contribution in [0.25, 0.3) is 0 Å². The molecule has 0 aliphatic carbocycles. The van der Waals surface area contributed by atoms with E-state index in [4.69, 9.17) is 9.15 Å². The number of nitrogens with one attached hydrogen (secondary N) is 1. The molecule has 3 nitrogen and oxygen atoms in total. The van der Waals surface area contributed by atoms with Gasteiger partial charge in [0.05, 0.1) is 13.7 Å². The van der Waals surface area contributed by atoms with Crippen molar-refractivity contribution < 1.29 is 9.15 Å². The number of hydrogen-bond acceptors (Lipinski definition) is 3. The molecule has 0 saturated heterocycles. The molecule has 2 rings (SSSR count). The van der Waals surface area contributed by atoms with Crippen molar-refractivity contribution in [2.24, 2.45) is 0 Å². The number of ether oxygens (including phenoxy) is 1. The minimum atomic E-state index is 0.265. The summed E-state index contributed by atoms with van der Waals surface area (Å²) in [4.78, 5) is 0. The first-order chi connectivity index (χ1) is 9.24. The van der Waals surface area contributed by atoms with E-state index in [1.165, 1.54) is 5.56 Å². The Kier molecular flexibility index (Phi) is 4.63. The molecule has 2 aromatic rings. The number of hydrogen-bond donors (Lipinski definition) is 1. The largest absolute Gasteiger partial charge is 0.496 e. The van der Waals surface area contributed by atoms with Gasteiger partial charge in [0, 0.05) is 11.6 Å². The molecule has 1 aromatic heterocycles. The quantitative estimate of drug-likeness (QED) is 0.856. The fraction of sp³-hybridized carbons (Fsp3) is 0.375. The number of rotatable bonds is 6. The zero-order valence-electron chi connectivity index (χ0n) is 11.8. The summed E-state index contributed by atoms with van der Waals surface area (Å²) < 4.78 is 11.0. The molecule has 0 bridgehead atoms. The Morgan fingerprint density at radius 3 is 2.63 bits per heavy atom. The van der Waals surface area contributed by atoms with Crippen LogP contribution in [0.2, 0.25) is 0 Å². The molecule has 0 fully saturated rings. The van der Waals surface area contributed by atoms with Crippen LogP contribution in [0.15, 0.2) is 40.8 Å². The van der Waals surface area contributed by atoms with E-state index >= 15 is 0 Å². The van der Waals surface area contributed by atoms with Crippen molar-refractivity contribution in [2.75, 3.05) is 7.11 Å². The maximum absolute atomic E-state index is 5.58. The van der Waals surface area contributed by atoms with E-state index in [1.54, 1.807) is 7.11 Å². The third-order valence-electron chi connectivity index (χ3n) is 3.24. The van der Waals surface area contributed by atoms with Crippen LogP contribution in [-0.2, 0) is 6.54 Å². The van der Waals surface area contributed by atoms with Crippen molar-refractivity contribution in [1.29, 1.82) is 0 Å². The third kappa shape index (κ3) is 3.38. The molecule has 1 unspecified atom stereocenters. The highest BCUT2D eigenvalue weighted by atomic mass is 16.5. The molecule has 1 aromatic carbocycles. The fourth-order valence-corrected chi connectivity index (χ4v) is 2.23. The molecule has 102 valence electrons. The highest BCUT2D eigenvalue weighted by molar-refractivity contribution is 5.35. The Hall–Kier alpha value is -1.74. The van der Waals surface area contributed by atoms with Crippen molar-refractivity contribution in [3.63, 3.8) is 0 Å². The smallest absolute Gasteiger partial charge is 0.123 e. The van der Waals surface area contributed by atoms with Crippen molar-refractivity contribution in [3.05, 3.63) is 53.5 Å². The summed E-state index contributed by atoms with van der Waals surface area (Å²) in [5, 5.41) is 3.52. The normalized spacial score (nSPS) is 12.4. The van der Waals surface area contributed by atoms with Crippen LogP contribution >= 0.6 is 0 Å². The lowest BCUT2D eigenvalue weighted by atomic mass is 10.0. The number of aryl methyl sites for hydroxylation is 1. The van der Waals surface area contributed by atoms with E-state index in [9.17, 15) is 0 Å². The molecule has 0 radical (unpaired) electrons. The second-order valence-corrected chi connectivity index (χ2v) is 4.60. The Bertz CT molecular complexity index is 519. The Morgan fingerprint density at radius 1 is 1.21 bits per heavy atom. The summed E-state index contributed by atoms with van der Waals surface area (Å²) >= 11 is 0. The van der Waals surface area contributed by atoms with Crippen LogP contribution in [-0.4, -0.2) is 7.11 Å². The summed E-state index contributed by atoms with van der Waals surface area (Å²) in [5.41, 5.74) is 1.19. The van der Waals surface area contributed by atoms with Crippen molar-refractivity contribution in [1.82, 2.24) is 5.32 Å². The van der Waals surface area contributed by atoms with Gasteiger partial charge in [-0.25, -0.2) is 0 Å². The molecule has 19 heavy (non-hydrogen) atoms. The van der Waals surface area contributed by atoms with Gasteiger partial charge in [-0.3, -0.25) is 0 Å². The van der Waals surface area contributed by atoms with Crippen LogP contribution in [0, 0.1) is 6.92 Å². The van der Waals surface area contributed by atoms with Gasteiger partial charge >= 0.3 is 0 Å². The minimum Gasteiger partial charge on any atom is -0.496 e. The van der Waals surface area contributed by atoms with Gasteiger partial charge in [-0.05, 0) is 31.5 Å². The highest BCUT2D eigenvalue weighted by Gasteiger charge is 2.13. The van der Waals surface area contributed by atoms with E-state index < -0.39 is 0 Å². The first-order valence-electron chi connectivity index (χ1n) is 6.66. The van der Waals surface area contributed by atoms with Gasteiger partial charge in [0.1, 0.15) is 17.3 Å². The molecule has 1 N–H and O–H groups in total. The predicted octanol–water partition coefficient (Wildman–Crippen LogP) is 3.84.